The van der Waals surface area contributed by atoms with Crippen LogP contribution in [0.3, 0.4) is 0 Å². The molecular weight excluding hydrogens is 232 g/mol. The van der Waals surface area contributed by atoms with Crippen molar-refractivity contribution in [3.05, 3.63) is 23.8 Å². The Kier molecular flexibility index (Phi) is 7.78. The van der Waals surface area contributed by atoms with E-state index in [1.165, 1.54) is 32.1 Å². The van der Waals surface area contributed by atoms with Gasteiger partial charge in [0.15, 0.2) is 5.78 Å². The van der Waals surface area contributed by atoms with Gasteiger partial charge in [0.2, 0.25) is 0 Å². The summed E-state index contributed by atoms with van der Waals surface area (Å²) in [6, 6.07) is 0. The van der Waals surface area contributed by atoms with Crippen LogP contribution in [-0.2, 0) is 4.79 Å². The van der Waals surface area contributed by atoms with Crippen molar-refractivity contribution in [3.8, 4) is 0 Å². The van der Waals surface area contributed by atoms with Gasteiger partial charge >= 0.3 is 0 Å². The number of hydrogen-bond acceptors (Lipinski definition) is 1. The maximum atomic E-state index is 12.5. The van der Waals surface area contributed by atoms with Gasteiger partial charge in [0.1, 0.15) is 0 Å². The van der Waals surface area contributed by atoms with E-state index in [2.05, 4.69) is 32.9 Å². The van der Waals surface area contributed by atoms with Crippen molar-refractivity contribution in [2.45, 2.75) is 72.1 Å². The van der Waals surface area contributed by atoms with Gasteiger partial charge in [0, 0.05) is 5.92 Å². The van der Waals surface area contributed by atoms with E-state index in [0.717, 1.165) is 24.8 Å². The first-order valence-electron chi connectivity index (χ1n) is 8.16. The van der Waals surface area contributed by atoms with Crippen LogP contribution in [0.1, 0.15) is 72.1 Å². The Bertz CT molecular complexity index is 325. The number of ketones is 1. The molecule has 0 aliphatic heterocycles. The second-order valence-corrected chi connectivity index (χ2v) is 5.73. The van der Waals surface area contributed by atoms with Gasteiger partial charge < -0.3 is 0 Å². The molecule has 1 heteroatoms. The van der Waals surface area contributed by atoms with E-state index in [0.29, 0.717) is 11.7 Å². The molecule has 0 N–H and O–H groups in total. The van der Waals surface area contributed by atoms with Crippen LogP contribution in [0.4, 0.5) is 0 Å². The highest BCUT2D eigenvalue weighted by Gasteiger charge is 2.27. The highest BCUT2D eigenvalue weighted by molar-refractivity contribution is 5.99. The van der Waals surface area contributed by atoms with Gasteiger partial charge in [-0.2, -0.15) is 0 Å². The van der Waals surface area contributed by atoms with Gasteiger partial charge in [-0.15, -0.1) is 0 Å². The number of unbranched alkanes of at least 4 members (excludes halogenated alkanes) is 3. The van der Waals surface area contributed by atoms with E-state index in [1.807, 2.05) is 6.08 Å². The molecule has 0 heterocycles. The van der Waals surface area contributed by atoms with Crippen LogP contribution in [0.15, 0.2) is 23.8 Å². The van der Waals surface area contributed by atoms with Gasteiger partial charge in [-0.3, -0.25) is 4.79 Å². The maximum absolute atomic E-state index is 12.5. The van der Waals surface area contributed by atoms with Crippen molar-refractivity contribution in [2.24, 2.45) is 11.8 Å². The molecular formula is C18H30O. The summed E-state index contributed by atoms with van der Waals surface area (Å²) in [5, 5.41) is 0. The van der Waals surface area contributed by atoms with Crippen LogP contribution in [0.25, 0.3) is 0 Å². The van der Waals surface area contributed by atoms with E-state index in [1.54, 1.807) is 0 Å². The summed E-state index contributed by atoms with van der Waals surface area (Å²) in [6.07, 6.45) is 15.7. The molecule has 2 atom stereocenters. The summed E-state index contributed by atoms with van der Waals surface area (Å²) in [5.74, 6) is 1.09. The number of carbonyl (C=O) groups is 1. The third kappa shape index (κ3) is 4.97. The summed E-state index contributed by atoms with van der Waals surface area (Å²) >= 11 is 0. The van der Waals surface area contributed by atoms with Gasteiger partial charge in [-0.25, -0.2) is 0 Å². The largest absolute Gasteiger partial charge is 0.294 e. The Morgan fingerprint density at radius 1 is 1.11 bits per heavy atom. The molecule has 0 aromatic rings. The highest BCUT2D eigenvalue weighted by atomic mass is 16.1. The van der Waals surface area contributed by atoms with E-state index < -0.39 is 0 Å². The number of allylic oxidation sites excluding steroid dienone is 4. The summed E-state index contributed by atoms with van der Waals surface area (Å²) in [5.41, 5.74) is 1.07. The minimum atomic E-state index is 0.149. The normalized spacial score (nSPS) is 20.5. The zero-order valence-corrected chi connectivity index (χ0v) is 13.0. The van der Waals surface area contributed by atoms with Crippen LogP contribution >= 0.6 is 0 Å². The van der Waals surface area contributed by atoms with Crippen LogP contribution in [0.5, 0.6) is 0 Å². The molecule has 1 nitrogen and oxygen atoms in total. The van der Waals surface area contributed by atoms with Crippen molar-refractivity contribution < 1.29 is 4.79 Å². The van der Waals surface area contributed by atoms with Crippen molar-refractivity contribution in [2.75, 3.05) is 0 Å². The average Bonchev–Trinajstić information content (AvgIpc) is 2.43. The first-order valence-corrected chi connectivity index (χ1v) is 8.16. The quantitative estimate of drug-likeness (QED) is 0.504. The third-order valence-electron chi connectivity index (χ3n) is 4.23. The molecule has 1 rings (SSSR count). The third-order valence-corrected chi connectivity index (χ3v) is 4.23. The standard InChI is InChI=1S/C18H30O/c1-4-7-8-9-12-16-13-10-14-17(18(16)19)15(6-3)11-5-2/h10,13-15,17H,4-9,11-12H2,1-3H3. The maximum Gasteiger partial charge on any atom is 0.165 e. The summed E-state index contributed by atoms with van der Waals surface area (Å²) < 4.78 is 0. The second kappa shape index (κ2) is 9.12. The lowest BCUT2D eigenvalue weighted by Crippen LogP contribution is -2.25. The fourth-order valence-corrected chi connectivity index (χ4v) is 3.00. The van der Waals surface area contributed by atoms with Gasteiger partial charge in [0.25, 0.3) is 0 Å². The molecule has 0 amide bonds. The molecule has 0 fully saturated rings. The van der Waals surface area contributed by atoms with Crippen molar-refractivity contribution >= 4 is 5.78 Å². The minimum absolute atomic E-state index is 0.149. The molecule has 0 bridgehead atoms. The van der Waals surface area contributed by atoms with E-state index >= 15 is 0 Å². The topological polar surface area (TPSA) is 17.1 Å². The SMILES string of the molecule is CCCCCCC1=CC=CC(C(CC)CCC)C1=O. The number of carbonyl (C=O) groups excluding carboxylic acids is 1. The van der Waals surface area contributed by atoms with Gasteiger partial charge in [0.05, 0.1) is 0 Å². The predicted molar refractivity (Wildman–Crippen MR) is 83.2 cm³/mol. The number of rotatable bonds is 9. The molecule has 19 heavy (non-hydrogen) atoms. The van der Waals surface area contributed by atoms with Crippen molar-refractivity contribution in [3.63, 3.8) is 0 Å². The van der Waals surface area contributed by atoms with E-state index in [4.69, 9.17) is 0 Å². The van der Waals surface area contributed by atoms with Gasteiger partial charge in [-0.05, 0) is 30.8 Å². The first kappa shape index (κ1) is 16.2. The molecule has 0 aromatic carbocycles. The van der Waals surface area contributed by atoms with Crippen molar-refractivity contribution in [1.82, 2.24) is 0 Å². The van der Waals surface area contributed by atoms with E-state index in [-0.39, 0.29) is 5.92 Å². The summed E-state index contributed by atoms with van der Waals surface area (Å²) in [6.45, 7) is 6.64. The molecule has 108 valence electrons. The lowest BCUT2D eigenvalue weighted by molar-refractivity contribution is -0.119. The molecule has 2 unspecified atom stereocenters. The number of hydrogen-bond donors (Lipinski definition) is 0. The Hall–Kier alpha value is -0.850. The molecule has 1 aliphatic carbocycles. The molecule has 0 radical (unpaired) electrons. The van der Waals surface area contributed by atoms with Crippen LogP contribution in [0, 0.1) is 11.8 Å². The monoisotopic (exact) mass is 262 g/mol. The first-order chi connectivity index (χ1) is 9.24. The molecule has 0 saturated carbocycles. The fourth-order valence-electron chi connectivity index (χ4n) is 3.00. The predicted octanol–water partition coefficient (Wildman–Crippen LogP) is 5.46. The fraction of sp³-hybridized carbons (Fsp3) is 0.722. The highest BCUT2D eigenvalue weighted by Crippen LogP contribution is 2.30. The van der Waals surface area contributed by atoms with Crippen LogP contribution in [0.2, 0.25) is 0 Å². The van der Waals surface area contributed by atoms with E-state index in [9.17, 15) is 4.79 Å². The molecule has 0 aromatic heterocycles. The van der Waals surface area contributed by atoms with Crippen molar-refractivity contribution in [1.29, 1.82) is 0 Å². The van der Waals surface area contributed by atoms with Crippen LogP contribution in [-0.4, -0.2) is 5.78 Å². The zero-order valence-electron chi connectivity index (χ0n) is 13.0. The Morgan fingerprint density at radius 3 is 2.53 bits per heavy atom. The molecule has 0 spiro atoms. The minimum Gasteiger partial charge on any atom is -0.294 e. The smallest absolute Gasteiger partial charge is 0.165 e. The lowest BCUT2D eigenvalue weighted by atomic mass is 9.78. The molecule has 0 saturated heterocycles. The van der Waals surface area contributed by atoms with Gasteiger partial charge in [-0.1, -0.05) is 71.1 Å². The average molecular weight is 262 g/mol. The summed E-state index contributed by atoms with van der Waals surface area (Å²) in [7, 11) is 0. The Labute approximate surface area is 119 Å². The Morgan fingerprint density at radius 2 is 1.89 bits per heavy atom. The molecule has 1 aliphatic rings. The number of Topliss-reactive ketones (excluding diaryl/α,β-unsaturated/α-hetero) is 1. The second-order valence-electron chi connectivity index (χ2n) is 5.73. The summed E-state index contributed by atoms with van der Waals surface area (Å²) in [4.78, 5) is 12.5. The van der Waals surface area contributed by atoms with Crippen LogP contribution < -0.4 is 0 Å². The Balaban J connectivity index is 2.54. The zero-order chi connectivity index (χ0) is 14.1. The lowest BCUT2D eigenvalue weighted by Gasteiger charge is -2.25.